The van der Waals surface area contributed by atoms with Gasteiger partial charge >= 0.3 is 5.97 Å². The molecule has 0 aliphatic carbocycles. The van der Waals surface area contributed by atoms with Crippen molar-refractivity contribution in [2.75, 3.05) is 65.4 Å². The summed E-state index contributed by atoms with van der Waals surface area (Å²) in [6.07, 6.45) is 0. The minimum atomic E-state index is -1.05. The SMILES string of the molecule is Cl.O=C(NCC(=O)N1CCN(C(=O)c2ccc(Cl)cc2Cl)CC1)c1ccc(Oc2ccccc2)cc1.O=C(NCC(=O)N1CCNCC1)c1ccc(Oc2ccccc2)cc1.O=C(O)c1ccc(Cl)cc1Cl. The van der Waals surface area contributed by atoms with Crippen LogP contribution in [0.4, 0.5) is 0 Å². The molecule has 0 saturated carbocycles. The molecule has 0 spiro atoms. The molecule has 5 amide bonds. The number of nitrogens with zero attached hydrogens (tertiary/aromatic N) is 3. The Morgan fingerprint density at radius 3 is 1.26 bits per heavy atom. The Balaban J connectivity index is 0.000000226. The Labute approximate surface area is 442 Å². The third kappa shape index (κ3) is 17.2. The molecular formula is C52H49Cl5N6O9. The number of nitrogens with one attached hydrogen (secondary N) is 3. The van der Waals surface area contributed by atoms with E-state index in [9.17, 15) is 28.8 Å². The molecule has 0 atom stereocenters. The first-order chi connectivity index (χ1) is 34.2. The van der Waals surface area contributed by atoms with Crippen molar-refractivity contribution in [1.82, 2.24) is 30.7 Å². The van der Waals surface area contributed by atoms with Crippen molar-refractivity contribution in [1.29, 1.82) is 0 Å². The summed E-state index contributed by atoms with van der Waals surface area (Å²) in [5, 5.41) is 18.4. The maximum Gasteiger partial charge on any atom is 0.337 e. The molecule has 20 heteroatoms. The molecule has 2 aliphatic rings. The molecule has 0 aromatic heterocycles. The van der Waals surface area contributed by atoms with Gasteiger partial charge in [0.1, 0.15) is 23.0 Å². The van der Waals surface area contributed by atoms with Crippen LogP contribution in [-0.4, -0.2) is 121 Å². The van der Waals surface area contributed by atoms with E-state index in [4.69, 9.17) is 61.0 Å². The lowest BCUT2D eigenvalue weighted by Gasteiger charge is -2.35. The van der Waals surface area contributed by atoms with E-state index in [0.717, 1.165) is 18.8 Å². The van der Waals surface area contributed by atoms with Crippen LogP contribution < -0.4 is 25.4 Å². The number of para-hydroxylation sites is 2. The predicted octanol–water partition coefficient (Wildman–Crippen LogP) is 9.25. The van der Waals surface area contributed by atoms with Gasteiger partial charge in [-0.1, -0.05) is 82.8 Å². The number of carboxylic acids is 1. The molecule has 376 valence electrons. The maximum absolute atomic E-state index is 12.7. The second kappa shape index (κ2) is 28.3. The third-order valence-corrected chi connectivity index (χ3v) is 11.8. The van der Waals surface area contributed by atoms with Gasteiger partial charge in [0.05, 0.1) is 34.3 Å². The van der Waals surface area contributed by atoms with E-state index < -0.39 is 5.97 Å². The number of halogens is 5. The summed E-state index contributed by atoms with van der Waals surface area (Å²) >= 11 is 23.1. The second-order valence-corrected chi connectivity index (χ2v) is 17.3. The number of carbonyl (C=O) groups is 6. The van der Waals surface area contributed by atoms with Crippen LogP contribution in [0, 0.1) is 0 Å². The number of piperazine rings is 2. The van der Waals surface area contributed by atoms with Crippen molar-refractivity contribution in [3.05, 3.63) is 188 Å². The Kier molecular flexibility index (Phi) is 22.0. The van der Waals surface area contributed by atoms with Crippen LogP contribution in [0.3, 0.4) is 0 Å². The Morgan fingerprint density at radius 1 is 0.486 bits per heavy atom. The van der Waals surface area contributed by atoms with Crippen molar-refractivity contribution in [2.45, 2.75) is 0 Å². The fourth-order valence-corrected chi connectivity index (χ4v) is 7.89. The highest BCUT2D eigenvalue weighted by atomic mass is 35.5. The van der Waals surface area contributed by atoms with Crippen LogP contribution in [0.25, 0.3) is 0 Å². The van der Waals surface area contributed by atoms with Crippen molar-refractivity contribution in [3.63, 3.8) is 0 Å². The minimum absolute atomic E-state index is 0. The van der Waals surface area contributed by atoms with Crippen LogP contribution in [0.15, 0.2) is 146 Å². The summed E-state index contributed by atoms with van der Waals surface area (Å²) < 4.78 is 11.4. The van der Waals surface area contributed by atoms with E-state index in [1.807, 2.05) is 60.7 Å². The fourth-order valence-electron chi connectivity index (χ4n) is 6.91. The number of amides is 5. The number of carboxylic acid groups (broad SMARTS) is 1. The van der Waals surface area contributed by atoms with Crippen molar-refractivity contribution < 1.29 is 43.3 Å². The number of carbonyl (C=O) groups excluding carboxylic acids is 5. The molecule has 72 heavy (non-hydrogen) atoms. The number of ether oxygens (including phenoxy) is 2. The maximum atomic E-state index is 12.7. The number of aromatic carboxylic acids is 1. The van der Waals surface area contributed by atoms with Crippen molar-refractivity contribution >= 4 is 94.3 Å². The molecular weight excluding hydrogens is 1030 g/mol. The molecule has 2 aliphatic heterocycles. The highest BCUT2D eigenvalue weighted by molar-refractivity contribution is 6.37. The quantitative estimate of drug-likeness (QED) is 0.0921. The average molecular weight is 1080 g/mol. The monoisotopic (exact) mass is 1080 g/mol. The number of rotatable bonds is 12. The standard InChI is InChI=1S/C26H23Cl2N3O4.C19H21N3O3.C7H4Cl2O2.ClH/c27-19-8-11-22(23(28)16-19)26(34)31-14-12-30(13-15-31)24(32)17-29-25(33)18-6-9-21(10-7-18)35-20-4-2-1-3-5-20;23-18(22-12-10-20-11-13-22)14-21-19(24)15-6-8-17(9-7-15)25-16-4-2-1-3-5-16;8-4-1-2-5(7(10)11)6(9)3-4;/h1-11,16H,12-15,17H2,(H,29,33);1-9,20H,10-14H2,(H,21,24);1-3H,(H,10,11);1H. The van der Waals surface area contributed by atoms with Gasteiger partial charge in [0.25, 0.3) is 17.7 Å². The van der Waals surface area contributed by atoms with E-state index >= 15 is 0 Å². The summed E-state index contributed by atoms with van der Waals surface area (Å²) in [7, 11) is 0. The molecule has 0 radical (unpaired) electrons. The summed E-state index contributed by atoms with van der Waals surface area (Å²) in [6.45, 7) is 4.33. The molecule has 6 aromatic carbocycles. The number of hydrogen-bond donors (Lipinski definition) is 4. The lowest BCUT2D eigenvalue weighted by molar-refractivity contribution is -0.131. The van der Waals surface area contributed by atoms with Gasteiger partial charge in [-0.15, -0.1) is 12.4 Å². The summed E-state index contributed by atoms with van der Waals surface area (Å²) in [6, 6.07) is 41.3. The predicted molar refractivity (Wildman–Crippen MR) is 280 cm³/mol. The van der Waals surface area contributed by atoms with E-state index in [1.165, 1.54) is 24.3 Å². The van der Waals surface area contributed by atoms with E-state index in [2.05, 4.69) is 16.0 Å². The zero-order chi connectivity index (χ0) is 50.7. The summed E-state index contributed by atoms with van der Waals surface area (Å²) in [5.74, 6) is 0.562. The average Bonchev–Trinajstić information content (AvgIpc) is 3.38. The molecule has 2 fully saturated rings. The normalized spacial score (nSPS) is 12.8. The van der Waals surface area contributed by atoms with Crippen molar-refractivity contribution in [2.24, 2.45) is 0 Å². The molecule has 0 unspecified atom stereocenters. The van der Waals surface area contributed by atoms with E-state index in [1.54, 1.807) is 75.4 Å². The largest absolute Gasteiger partial charge is 0.478 e. The molecule has 0 bridgehead atoms. The molecule has 6 aromatic rings. The Bertz CT molecular complexity index is 2780. The molecule has 2 saturated heterocycles. The van der Waals surface area contributed by atoms with E-state index in [-0.39, 0.29) is 65.6 Å². The smallest absolute Gasteiger partial charge is 0.337 e. The molecule has 15 nitrogen and oxygen atoms in total. The van der Waals surface area contributed by atoms with Gasteiger partial charge in [-0.25, -0.2) is 4.79 Å². The first-order valence-corrected chi connectivity index (χ1v) is 23.7. The topological polar surface area (TPSA) is 187 Å². The van der Waals surface area contributed by atoms with Gasteiger partial charge in [-0.05, 0) is 109 Å². The number of benzene rings is 6. The van der Waals surface area contributed by atoms with Gasteiger partial charge in [-0.3, -0.25) is 24.0 Å². The first kappa shape index (κ1) is 56.1. The Hall–Kier alpha value is -6.85. The van der Waals surface area contributed by atoms with Crippen LogP contribution >= 0.6 is 58.8 Å². The van der Waals surface area contributed by atoms with Crippen LogP contribution in [-0.2, 0) is 9.59 Å². The second-order valence-electron chi connectivity index (χ2n) is 15.6. The Morgan fingerprint density at radius 2 is 0.861 bits per heavy atom. The first-order valence-electron chi connectivity index (χ1n) is 22.2. The van der Waals surface area contributed by atoms with Gasteiger partial charge in [-0.2, -0.15) is 0 Å². The third-order valence-electron chi connectivity index (χ3n) is 10.7. The highest BCUT2D eigenvalue weighted by Crippen LogP contribution is 2.25. The van der Waals surface area contributed by atoms with E-state index in [0.29, 0.717) is 88.3 Å². The number of hydrogen-bond acceptors (Lipinski definition) is 9. The van der Waals surface area contributed by atoms with Gasteiger partial charge in [0.2, 0.25) is 11.8 Å². The summed E-state index contributed by atoms with van der Waals surface area (Å²) in [5.41, 5.74) is 1.36. The highest BCUT2D eigenvalue weighted by Gasteiger charge is 2.26. The van der Waals surface area contributed by atoms with Crippen LogP contribution in [0.1, 0.15) is 41.4 Å². The summed E-state index contributed by atoms with van der Waals surface area (Å²) in [4.78, 5) is 77.4. The lowest BCUT2D eigenvalue weighted by Crippen LogP contribution is -2.52. The van der Waals surface area contributed by atoms with Gasteiger partial charge in [0.15, 0.2) is 0 Å². The molecule has 4 N–H and O–H groups in total. The zero-order valence-electron chi connectivity index (χ0n) is 38.4. The molecule has 2 heterocycles. The zero-order valence-corrected chi connectivity index (χ0v) is 42.2. The van der Waals surface area contributed by atoms with Crippen LogP contribution in [0.2, 0.25) is 20.1 Å². The lowest BCUT2D eigenvalue weighted by atomic mass is 10.1. The minimum Gasteiger partial charge on any atom is -0.478 e. The van der Waals surface area contributed by atoms with Crippen molar-refractivity contribution in [3.8, 4) is 23.0 Å². The van der Waals surface area contributed by atoms with Gasteiger partial charge < -0.3 is 45.2 Å². The fraction of sp³-hybridized carbons (Fsp3) is 0.192. The molecule has 8 rings (SSSR count). The van der Waals surface area contributed by atoms with Crippen LogP contribution in [0.5, 0.6) is 23.0 Å². The van der Waals surface area contributed by atoms with Gasteiger partial charge in [0, 0.05) is 73.5 Å².